The topological polar surface area (TPSA) is 76.9 Å². The summed E-state index contributed by atoms with van der Waals surface area (Å²) in [5, 5.41) is 9.10. The van der Waals surface area contributed by atoms with Crippen LogP contribution in [0, 0.1) is 23.2 Å². The fraction of sp³-hybridized carbons (Fsp3) is 0.812. The lowest BCUT2D eigenvalue weighted by Crippen LogP contribution is -2.42. The highest BCUT2D eigenvalue weighted by molar-refractivity contribution is 6.14. The number of amides is 2. The van der Waals surface area contributed by atoms with E-state index in [4.69, 9.17) is 21.8 Å². The molecule has 0 spiro atoms. The highest BCUT2D eigenvalue weighted by Gasteiger charge is 2.44. The second-order valence-electron chi connectivity index (χ2n) is 6.95. The van der Waals surface area contributed by atoms with Crippen molar-refractivity contribution < 1.29 is 14.3 Å². The van der Waals surface area contributed by atoms with Gasteiger partial charge in [-0.3, -0.25) is 4.79 Å². The van der Waals surface area contributed by atoms with Crippen LogP contribution in [0.1, 0.15) is 25.7 Å². The lowest BCUT2D eigenvalue weighted by atomic mass is 10.0. The van der Waals surface area contributed by atoms with Crippen LogP contribution in [0.5, 0.6) is 0 Å². The molecular formula is C16H23ClN4O3. The van der Waals surface area contributed by atoms with Crippen LogP contribution in [0.4, 0.5) is 4.79 Å². The van der Waals surface area contributed by atoms with Gasteiger partial charge >= 0.3 is 6.09 Å². The predicted molar refractivity (Wildman–Crippen MR) is 86.9 cm³/mol. The van der Waals surface area contributed by atoms with Crippen molar-refractivity contribution in [1.82, 2.24) is 14.2 Å². The summed E-state index contributed by atoms with van der Waals surface area (Å²) >= 11 is 6.39. The molecule has 3 fully saturated rings. The van der Waals surface area contributed by atoms with Crippen LogP contribution in [0.15, 0.2) is 0 Å². The number of halogens is 1. The van der Waals surface area contributed by atoms with Crippen molar-refractivity contribution in [1.29, 1.82) is 5.26 Å². The smallest absolute Gasteiger partial charge is 0.409 e. The van der Waals surface area contributed by atoms with E-state index >= 15 is 0 Å². The molecule has 0 bridgehead atoms. The molecular weight excluding hydrogens is 332 g/mol. The first-order valence-corrected chi connectivity index (χ1v) is 8.81. The molecule has 8 heteroatoms. The van der Waals surface area contributed by atoms with Crippen molar-refractivity contribution >= 4 is 23.8 Å². The van der Waals surface area contributed by atoms with Crippen LogP contribution in [0.3, 0.4) is 0 Å². The number of carbonyl (C=O) groups excluding carboxylic acids is 2. The number of likely N-dealkylation sites (tertiary alicyclic amines) is 2. The minimum absolute atomic E-state index is 0.0673. The van der Waals surface area contributed by atoms with Gasteiger partial charge in [0.15, 0.2) is 0 Å². The molecule has 1 aliphatic carbocycles. The zero-order valence-corrected chi connectivity index (χ0v) is 14.6. The van der Waals surface area contributed by atoms with E-state index in [1.807, 2.05) is 0 Å². The summed E-state index contributed by atoms with van der Waals surface area (Å²) in [7, 11) is 1.40. The third-order valence-corrected chi connectivity index (χ3v) is 5.96. The Labute approximate surface area is 147 Å². The van der Waals surface area contributed by atoms with Gasteiger partial charge in [0, 0.05) is 25.7 Å². The minimum Gasteiger partial charge on any atom is -0.453 e. The van der Waals surface area contributed by atoms with Crippen LogP contribution in [-0.2, 0) is 9.53 Å². The average molecular weight is 355 g/mol. The van der Waals surface area contributed by atoms with Crippen molar-refractivity contribution in [2.75, 3.05) is 33.3 Å². The van der Waals surface area contributed by atoms with Crippen LogP contribution in [-0.4, -0.2) is 71.6 Å². The Hall–Kier alpha value is -1.52. The summed E-state index contributed by atoms with van der Waals surface area (Å²) in [6, 6.07) is 2.03. The number of nitriles is 1. The number of hydrogen-bond acceptors (Lipinski definition) is 5. The molecule has 132 valence electrons. The van der Waals surface area contributed by atoms with Crippen molar-refractivity contribution in [2.24, 2.45) is 11.8 Å². The molecule has 2 saturated heterocycles. The number of nitrogens with zero attached hydrogens (tertiary/aromatic N) is 4. The van der Waals surface area contributed by atoms with Gasteiger partial charge in [-0.05, 0) is 49.3 Å². The summed E-state index contributed by atoms with van der Waals surface area (Å²) in [5.74, 6) is 0.774. The van der Waals surface area contributed by atoms with Crippen LogP contribution in [0.25, 0.3) is 0 Å². The summed E-state index contributed by atoms with van der Waals surface area (Å²) in [6.45, 7) is 2.20. The highest BCUT2D eigenvalue weighted by atomic mass is 35.5. The number of rotatable bonds is 3. The molecule has 3 aliphatic rings. The number of hydrogen-bond donors (Lipinski definition) is 0. The molecule has 2 aliphatic heterocycles. The highest BCUT2D eigenvalue weighted by Crippen LogP contribution is 2.40. The van der Waals surface area contributed by atoms with Crippen molar-refractivity contribution in [3.63, 3.8) is 0 Å². The van der Waals surface area contributed by atoms with E-state index in [1.54, 1.807) is 14.2 Å². The maximum absolute atomic E-state index is 12.4. The van der Waals surface area contributed by atoms with Gasteiger partial charge in [0.25, 0.3) is 0 Å². The quantitative estimate of drug-likeness (QED) is 0.717. The first kappa shape index (κ1) is 17.3. The fourth-order valence-electron chi connectivity index (χ4n) is 4.32. The maximum atomic E-state index is 12.4. The molecule has 2 amide bonds. The van der Waals surface area contributed by atoms with Gasteiger partial charge in [-0.15, -0.1) is 0 Å². The zero-order chi connectivity index (χ0) is 17.3. The first-order valence-electron chi connectivity index (χ1n) is 8.48. The average Bonchev–Trinajstić information content (AvgIpc) is 3.26. The molecule has 4 atom stereocenters. The van der Waals surface area contributed by atoms with Gasteiger partial charge in [0.05, 0.1) is 19.7 Å². The predicted octanol–water partition coefficient (Wildman–Crippen LogP) is 1.43. The van der Waals surface area contributed by atoms with Gasteiger partial charge in [-0.2, -0.15) is 5.26 Å². The van der Waals surface area contributed by atoms with Gasteiger partial charge in [0.1, 0.15) is 6.04 Å². The van der Waals surface area contributed by atoms with E-state index in [0.29, 0.717) is 31.5 Å². The summed E-state index contributed by atoms with van der Waals surface area (Å²) in [5.41, 5.74) is 0. The van der Waals surface area contributed by atoms with Gasteiger partial charge in [-0.25, -0.2) is 9.21 Å². The second-order valence-corrected chi connectivity index (χ2v) is 7.39. The molecule has 0 aromatic carbocycles. The Morgan fingerprint density at radius 1 is 1.33 bits per heavy atom. The van der Waals surface area contributed by atoms with E-state index in [-0.39, 0.29) is 30.6 Å². The number of ether oxygens (including phenoxy) is 1. The molecule has 1 unspecified atom stereocenters. The summed E-state index contributed by atoms with van der Waals surface area (Å²) in [6.07, 6.45) is 3.13. The molecule has 0 N–H and O–H groups in total. The third-order valence-electron chi connectivity index (χ3n) is 5.56. The van der Waals surface area contributed by atoms with E-state index in [2.05, 4.69) is 6.07 Å². The second kappa shape index (κ2) is 7.16. The Morgan fingerprint density at radius 2 is 2.00 bits per heavy atom. The number of fused-ring (bicyclic) bond motifs is 1. The minimum atomic E-state index is -0.306. The van der Waals surface area contributed by atoms with Crippen LogP contribution >= 0.6 is 11.8 Å². The van der Waals surface area contributed by atoms with E-state index in [0.717, 1.165) is 25.7 Å². The Balaban J connectivity index is 1.50. The summed E-state index contributed by atoms with van der Waals surface area (Å²) in [4.78, 5) is 27.4. The Morgan fingerprint density at radius 3 is 2.58 bits per heavy atom. The molecule has 7 nitrogen and oxygen atoms in total. The van der Waals surface area contributed by atoms with E-state index in [1.165, 1.54) is 7.11 Å². The van der Waals surface area contributed by atoms with Gasteiger partial charge < -0.3 is 14.5 Å². The first-order chi connectivity index (χ1) is 11.5. The van der Waals surface area contributed by atoms with Gasteiger partial charge in [-0.1, -0.05) is 0 Å². The molecule has 1 saturated carbocycles. The molecule has 0 radical (unpaired) electrons. The fourth-order valence-corrected chi connectivity index (χ4v) is 4.59. The Kier molecular flexibility index (Phi) is 5.16. The van der Waals surface area contributed by atoms with Crippen molar-refractivity contribution in [3.05, 3.63) is 0 Å². The third kappa shape index (κ3) is 3.31. The summed E-state index contributed by atoms with van der Waals surface area (Å²) < 4.78 is 6.38. The number of carbonyl (C=O) groups is 2. The van der Waals surface area contributed by atoms with Crippen molar-refractivity contribution in [2.45, 2.75) is 37.8 Å². The zero-order valence-electron chi connectivity index (χ0n) is 13.9. The van der Waals surface area contributed by atoms with Crippen molar-refractivity contribution in [3.8, 4) is 6.07 Å². The number of methoxy groups -OCH3 is 1. The van der Waals surface area contributed by atoms with Gasteiger partial charge in [0.2, 0.25) is 5.91 Å². The lowest BCUT2D eigenvalue weighted by molar-refractivity contribution is -0.131. The molecule has 0 aromatic rings. The van der Waals surface area contributed by atoms with E-state index < -0.39 is 0 Å². The van der Waals surface area contributed by atoms with E-state index in [9.17, 15) is 9.59 Å². The molecule has 0 aromatic heterocycles. The maximum Gasteiger partial charge on any atom is 0.409 e. The standard InChI is InChI=1S/C16H23ClN4O3/c1-24-16(23)19-8-11-5-14(6-12(11)9-19)21(17)10-15(22)20-4-2-3-13(20)7-18/h11-14H,2-6,8-10H2,1H3/t11-,12+,13-,14?/m0/s1. The normalized spacial score (nSPS) is 32.1. The lowest BCUT2D eigenvalue weighted by Gasteiger charge is -2.26. The Bertz CT molecular complexity index is 538. The van der Waals surface area contributed by atoms with Crippen LogP contribution < -0.4 is 0 Å². The van der Waals surface area contributed by atoms with Crippen LogP contribution in [0.2, 0.25) is 0 Å². The monoisotopic (exact) mass is 354 g/mol. The SMILES string of the molecule is COC(=O)N1C[C@H]2CC(N(Cl)CC(=O)N3CCC[C@H]3C#N)C[C@H]2C1. The largest absolute Gasteiger partial charge is 0.453 e. The molecule has 3 rings (SSSR count). The molecule has 2 heterocycles. The molecule has 24 heavy (non-hydrogen) atoms.